The van der Waals surface area contributed by atoms with Gasteiger partial charge in [-0.2, -0.15) is 0 Å². The smallest absolute Gasteiger partial charge is 0.0395 e. The fourth-order valence-corrected chi connectivity index (χ4v) is 0.891. The SMILES string of the molecule is C=C.Cc1ccc(C)c(C)c1.O. The summed E-state index contributed by atoms with van der Waals surface area (Å²) in [6, 6.07) is 6.50. The summed E-state index contributed by atoms with van der Waals surface area (Å²) in [5.41, 5.74) is 4.11. The summed E-state index contributed by atoms with van der Waals surface area (Å²) >= 11 is 0. The van der Waals surface area contributed by atoms with Gasteiger partial charge in [-0.1, -0.05) is 23.8 Å². The van der Waals surface area contributed by atoms with Crippen molar-refractivity contribution in [1.82, 2.24) is 0 Å². The topological polar surface area (TPSA) is 31.5 Å². The first-order valence-electron chi connectivity index (χ1n) is 3.74. The number of hydrogen-bond acceptors (Lipinski definition) is 0. The molecule has 0 bridgehead atoms. The molecule has 0 heterocycles. The van der Waals surface area contributed by atoms with E-state index in [0.717, 1.165) is 0 Å². The second kappa shape index (κ2) is 6.62. The molecule has 0 fully saturated rings. The molecule has 0 saturated carbocycles. The van der Waals surface area contributed by atoms with Crippen LogP contribution < -0.4 is 0 Å². The molecule has 1 heteroatoms. The Bertz CT molecular complexity index is 228. The largest absolute Gasteiger partial charge is 0.412 e. The maximum absolute atomic E-state index is 3.00. The van der Waals surface area contributed by atoms with Crippen LogP contribution in [0, 0.1) is 20.8 Å². The second-order valence-electron chi connectivity index (χ2n) is 2.59. The minimum absolute atomic E-state index is 0. The molecule has 0 unspecified atom stereocenters. The molecule has 1 rings (SSSR count). The Kier molecular flexibility index (Phi) is 7.45. The lowest BCUT2D eigenvalue weighted by Gasteiger charge is -1.98. The van der Waals surface area contributed by atoms with Gasteiger partial charge in [-0.25, -0.2) is 0 Å². The van der Waals surface area contributed by atoms with Crippen LogP contribution in [0.5, 0.6) is 0 Å². The Hall–Kier alpha value is -1.08. The normalized spacial score (nSPS) is 7.58. The van der Waals surface area contributed by atoms with Crippen molar-refractivity contribution in [2.45, 2.75) is 20.8 Å². The second-order valence-corrected chi connectivity index (χ2v) is 2.59. The molecule has 0 aliphatic rings. The van der Waals surface area contributed by atoms with Gasteiger partial charge >= 0.3 is 0 Å². The van der Waals surface area contributed by atoms with E-state index in [2.05, 4.69) is 52.1 Å². The Morgan fingerprint density at radius 2 is 1.42 bits per heavy atom. The minimum Gasteiger partial charge on any atom is -0.412 e. The molecule has 0 aliphatic carbocycles. The molecule has 68 valence electrons. The summed E-state index contributed by atoms with van der Waals surface area (Å²) < 4.78 is 0. The van der Waals surface area contributed by atoms with Gasteiger partial charge in [0.1, 0.15) is 0 Å². The highest BCUT2D eigenvalue weighted by Crippen LogP contribution is 2.07. The maximum Gasteiger partial charge on any atom is -0.0395 e. The molecule has 1 nitrogen and oxygen atoms in total. The van der Waals surface area contributed by atoms with Gasteiger partial charge in [-0.05, 0) is 31.9 Å². The molecule has 1 aromatic rings. The molecule has 0 spiro atoms. The average molecular weight is 166 g/mol. The lowest BCUT2D eigenvalue weighted by atomic mass is 10.1. The van der Waals surface area contributed by atoms with Crippen LogP contribution in [0.25, 0.3) is 0 Å². The Labute approximate surface area is 75.1 Å². The van der Waals surface area contributed by atoms with E-state index in [1.54, 1.807) is 0 Å². The first-order chi connectivity index (χ1) is 5.20. The molecule has 0 saturated heterocycles. The zero-order valence-electron chi connectivity index (χ0n) is 8.15. The van der Waals surface area contributed by atoms with Crippen LogP contribution in [0.3, 0.4) is 0 Å². The van der Waals surface area contributed by atoms with Gasteiger partial charge in [0.05, 0.1) is 0 Å². The first kappa shape index (κ1) is 13.5. The van der Waals surface area contributed by atoms with Crippen molar-refractivity contribution < 1.29 is 5.48 Å². The average Bonchev–Trinajstić information content (AvgIpc) is 2.02. The number of hydrogen-bond donors (Lipinski definition) is 0. The summed E-state index contributed by atoms with van der Waals surface area (Å²) in [7, 11) is 0. The van der Waals surface area contributed by atoms with Crippen molar-refractivity contribution in [2.24, 2.45) is 0 Å². The summed E-state index contributed by atoms with van der Waals surface area (Å²) in [5.74, 6) is 0. The van der Waals surface area contributed by atoms with Crippen molar-refractivity contribution in [3.8, 4) is 0 Å². The predicted octanol–water partition coefficient (Wildman–Crippen LogP) is 2.59. The Morgan fingerprint density at radius 1 is 0.917 bits per heavy atom. The lowest BCUT2D eigenvalue weighted by Crippen LogP contribution is -1.79. The van der Waals surface area contributed by atoms with Crippen LogP contribution in [0.4, 0.5) is 0 Å². The van der Waals surface area contributed by atoms with Crippen molar-refractivity contribution in [1.29, 1.82) is 0 Å². The Morgan fingerprint density at radius 3 is 1.75 bits per heavy atom. The molecule has 0 radical (unpaired) electrons. The molecule has 2 N–H and O–H groups in total. The quantitative estimate of drug-likeness (QED) is 0.530. The first-order valence-corrected chi connectivity index (χ1v) is 3.74. The van der Waals surface area contributed by atoms with Crippen molar-refractivity contribution >= 4 is 0 Å². The molecular weight excluding hydrogens is 148 g/mol. The fourth-order valence-electron chi connectivity index (χ4n) is 0.891. The standard InChI is InChI=1S/C9H12.C2H4.H2O/c1-7-4-5-8(2)9(3)6-7;1-2;/h4-6H,1-3H3;1-2H2;1H2. The van der Waals surface area contributed by atoms with E-state index in [-0.39, 0.29) is 5.48 Å². The summed E-state index contributed by atoms with van der Waals surface area (Å²) in [6.45, 7) is 12.4. The number of aryl methyl sites for hydroxylation is 3. The third-order valence-electron chi connectivity index (χ3n) is 1.66. The highest BCUT2D eigenvalue weighted by molar-refractivity contribution is 5.28. The van der Waals surface area contributed by atoms with Crippen molar-refractivity contribution in [3.63, 3.8) is 0 Å². The highest BCUT2D eigenvalue weighted by Gasteiger charge is 1.89. The number of benzene rings is 1. The van der Waals surface area contributed by atoms with E-state index in [9.17, 15) is 0 Å². The molecule has 0 atom stereocenters. The molecule has 12 heavy (non-hydrogen) atoms. The number of rotatable bonds is 0. The van der Waals surface area contributed by atoms with E-state index < -0.39 is 0 Å². The highest BCUT2D eigenvalue weighted by atomic mass is 16.0. The van der Waals surface area contributed by atoms with E-state index in [0.29, 0.717) is 0 Å². The van der Waals surface area contributed by atoms with Gasteiger partial charge in [0, 0.05) is 0 Å². The molecule has 1 aromatic carbocycles. The minimum atomic E-state index is 0. The zero-order chi connectivity index (χ0) is 8.85. The van der Waals surface area contributed by atoms with Crippen molar-refractivity contribution in [3.05, 3.63) is 48.0 Å². The van der Waals surface area contributed by atoms with Crippen LogP contribution in [-0.4, -0.2) is 5.48 Å². The summed E-state index contributed by atoms with van der Waals surface area (Å²) in [4.78, 5) is 0. The third kappa shape index (κ3) is 3.94. The van der Waals surface area contributed by atoms with E-state index >= 15 is 0 Å². The van der Waals surface area contributed by atoms with E-state index in [1.165, 1.54) is 16.7 Å². The third-order valence-corrected chi connectivity index (χ3v) is 1.66. The predicted molar refractivity (Wildman–Crippen MR) is 55.5 cm³/mol. The summed E-state index contributed by atoms with van der Waals surface area (Å²) in [6.07, 6.45) is 0. The van der Waals surface area contributed by atoms with Gasteiger partial charge in [-0.3, -0.25) is 0 Å². The van der Waals surface area contributed by atoms with Gasteiger partial charge in [-0.15, -0.1) is 13.2 Å². The van der Waals surface area contributed by atoms with E-state index in [1.807, 2.05) is 0 Å². The van der Waals surface area contributed by atoms with Gasteiger partial charge in [0.15, 0.2) is 0 Å². The van der Waals surface area contributed by atoms with Crippen molar-refractivity contribution in [2.75, 3.05) is 0 Å². The lowest BCUT2D eigenvalue weighted by molar-refractivity contribution is 0.824. The molecule has 0 aliphatic heterocycles. The molecular formula is C11H18O. The maximum atomic E-state index is 3.00. The molecule has 0 amide bonds. The Balaban J connectivity index is 0. The zero-order valence-corrected chi connectivity index (χ0v) is 8.15. The van der Waals surface area contributed by atoms with Gasteiger partial charge in [0.25, 0.3) is 0 Å². The van der Waals surface area contributed by atoms with Crippen LogP contribution >= 0.6 is 0 Å². The van der Waals surface area contributed by atoms with Gasteiger partial charge < -0.3 is 5.48 Å². The summed E-state index contributed by atoms with van der Waals surface area (Å²) in [5, 5.41) is 0. The van der Waals surface area contributed by atoms with E-state index in [4.69, 9.17) is 0 Å². The van der Waals surface area contributed by atoms with Crippen LogP contribution in [0.2, 0.25) is 0 Å². The molecule has 0 aromatic heterocycles. The fraction of sp³-hybridized carbons (Fsp3) is 0.273. The van der Waals surface area contributed by atoms with Crippen LogP contribution in [-0.2, 0) is 0 Å². The van der Waals surface area contributed by atoms with Crippen LogP contribution in [0.1, 0.15) is 16.7 Å². The monoisotopic (exact) mass is 166 g/mol. The van der Waals surface area contributed by atoms with Crippen LogP contribution in [0.15, 0.2) is 31.4 Å². The van der Waals surface area contributed by atoms with Gasteiger partial charge in [0.2, 0.25) is 0 Å².